The highest BCUT2D eigenvalue weighted by Gasteiger charge is 2.22. The largest absolute Gasteiger partial charge is 0.354 e. The molecule has 0 radical (unpaired) electrons. The molecule has 3 aromatic rings. The number of amides is 1. The Hall–Kier alpha value is -3.09. The van der Waals surface area contributed by atoms with Crippen LogP contribution in [0.1, 0.15) is 24.2 Å². The number of rotatable bonds is 5. The number of para-hydroxylation sites is 1. The van der Waals surface area contributed by atoms with E-state index < -0.39 is 0 Å². The maximum absolute atomic E-state index is 12.7. The highest BCUT2D eigenvalue weighted by Crippen LogP contribution is 2.28. The quantitative estimate of drug-likeness (QED) is 0.530. The molecule has 0 unspecified atom stereocenters. The molecule has 0 aliphatic carbocycles. The van der Waals surface area contributed by atoms with Crippen molar-refractivity contribution in [2.75, 3.05) is 28.6 Å². The molecule has 1 fully saturated rings. The van der Waals surface area contributed by atoms with Gasteiger partial charge in [-0.3, -0.25) is 4.79 Å². The molecule has 1 amide bonds. The van der Waals surface area contributed by atoms with Gasteiger partial charge < -0.3 is 20.9 Å². The monoisotopic (exact) mass is 435 g/mol. The second kappa shape index (κ2) is 9.37. The first-order valence-electron chi connectivity index (χ1n) is 10.4. The van der Waals surface area contributed by atoms with E-state index in [0.29, 0.717) is 28.4 Å². The molecule has 1 aliphatic rings. The minimum absolute atomic E-state index is 0.214. The number of pyridine rings is 1. The van der Waals surface area contributed by atoms with E-state index in [1.807, 2.05) is 48.5 Å². The second-order valence-electron chi connectivity index (χ2n) is 7.92. The van der Waals surface area contributed by atoms with Gasteiger partial charge in [0.25, 0.3) is 5.91 Å². The van der Waals surface area contributed by atoms with Crippen LogP contribution in [0.4, 0.5) is 22.9 Å². The standard InChI is InChI=1S/C24H26ClN5O/c1-16-14-30(15-17(2)27-16)23-11-8-18(13-26-23)24(31)29-20-9-10-21(25)22(12-20)28-19-6-4-3-5-7-19/h3-13,16-17,27-28H,14-15H2,1-2H3,(H,29,31)/t16-,17+. The Morgan fingerprint density at radius 2 is 1.77 bits per heavy atom. The number of anilines is 4. The van der Waals surface area contributed by atoms with Gasteiger partial charge in [0.2, 0.25) is 0 Å². The average molecular weight is 436 g/mol. The van der Waals surface area contributed by atoms with E-state index in [0.717, 1.165) is 30.3 Å². The normalized spacial score (nSPS) is 18.5. The maximum atomic E-state index is 12.7. The lowest BCUT2D eigenvalue weighted by atomic mass is 10.1. The van der Waals surface area contributed by atoms with Crippen LogP contribution in [-0.4, -0.2) is 36.1 Å². The van der Waals surface area contributed by atoms with Gasteiger partial charge in [-0.25, -0.2) is 4.98 Å². The molecule has 0 bridgehead atoms. The van der Waals surface area contributed by atoms with Gasteiger partial charge in [-0.1, -0.05) is 29.8 Å². The number of piperazine rings is 1. The number of halogens is 1. The van der Waals surface area contributed by atoms with Gasteiger partial charge in [0.15, 0.2) is 0 Å². The first-order chi connectivity index (χ1) is 15.0. The molecule has 1 aliphatic heterocycles. The number of hydrogen-bond donors (Lipinski definition) is 3. The Bertz CT molecular complexity index is 1030. The highest BCUT2D eigenvalue weighted by molar-refractivity contribution is 6.33. The molecular weight excluding hydrogens is 410 g/mol. The fourth-order valence-corrected chi connectivity index (χ4v) is 3.97. The number of nitrogens with one attached hydrogen (secondary N) is 3. The van der Waals surface area contributed by atoms with E-state index in [-0.39, 0.29) is 5.91 Å². The van der Waals surface area contributed by atoms with E-state index in [2.05, 4.69) is 39.7 Å². The number of nitrogens with zero attached hydrogens (tertiary/aromatic N) is 2. The number of hydrogen-bond acceptors (Lipinski definition) is 5. The van der Waals surface area contributed by atoms with Gasteiger partial charge in [-0.05, 0) is 56.3 Å². The first kappa shape index (κ1) is 21.2. The molecule has 7 heteroatoms. The fourth-order valence-electron chi connectivity index (χ4n) is 3.80. The molecule has 1 aromatic heterocycles. The summed E-state index contributed by atoms with van der Waals surface area (Å²) in [4.78, 5) is 19.5. The zero-order valence-corrected chi connectivity index (χ0v) is 18.4. The van der Waals surface area contributed by atoms with Crippen molar-refractivity contribution in [2.24, 2.45) is 0 Å². The molecule has 31 heavy (non-hydrogen) atoms. The minimum Gasteiger partial charge on any atom is -0.354 e. The van der Waals surface area contributed by atoms with Gasteiger partial charge >= 0.3 is 0 Å². The minimum atomic E-state index is -0.214. The number of aromatic nitrogens is 1. The first-order valence-corrected chi connectivity index (χ1v) is 10.8. The van der Waals surface area contributed by atoms with E-state index in [4.69, 9.17) is 11.6 Å². The molecule has 0 spiro atoms. The van der Waals surface area contributed by atoms with E-state index >= 15 is 0 Å². The molecule has 0 saturated carbocycles. The molecule has 2 atom stereocenters. The van der Waals surface area contributed by atoms with E-state index in [1.54, 1.807) is 18.3 Å². The third-order valence-electron chi connectivity index (χ3n) is 5.17. The van der Waals surface area contributed by atoms with Crippen molar-refractivity contribution in [3.63, 3.8) is 0 Å². The molecule has 1 saturated heterocycles. The van der Waals surface area contributed by atoms with Crippen molar-refractivity contribution in [1.82, 2.24) is 10.3 Å². The van der Waals surface area contributed by atoms with Crippen LogP contribution >= 0.6 is 11.6 Å². The Labute approximate surface area is 187 Å². The second-order valence-corrected chi connectivity index (χ2v) is 8.33. The third kappa shape index (κ3) is 5.34. The maximum Gasteiger partial charge on any atom is 0.257 e. The summed E-state index contributed by atoms with van der Waals surface area (Å²) in [5, 5.41) is 10.3. The summed E-state index contributed by atoms with van der Waals surface area (Å²) < 4.78 is 0. The van der Waals surface area contributed by atoms with Crippen molar-refractivity contribution in [1.29, 1.82) is 0 Å². The molecule has 2 heterocycles. The topological polar surface area (TPSA) is 69.3 Å². The third-order valence-corrected chi connectivity index (χ3v) is 5.50. The molecular formula is C24H26ClN5O. The van der Waals surface area contributed by atoms with Crippen LogP contribution in [0.2, 0.25) is 5.02 Å². The Balaban J connectivity index is 1.44. The Morgan fingerprint density at radius 3 is 2.45 bits per heavy atom. The van der Waals surface area contributed by atoms with Crippen molar-refractivity contribution < 1.29 is 4.79 Å². The van der Waals surface area contributed by atoms with Crippen LogP contribution in [0.5, 0.6) is 0 Å². The highest BCUT2D eigenvalue weighted by atomic mass is 35.5. The fraction of sp³-hybridized carbons (Fsp3) is 0.250. The summed E-state index contributed by atoms with van der Waals surface area (Å²) in [5.41, 5.74) is 2.81. The van der Waals surface area contributed by atoms with E-state index in [1.165, 1.54) is 0 Å². The average Bonchev–Trinajstić information content (AvgIpc) is 2.76. The molecule has 160 valence electrons. The predicted octanol–water partition coefficient (Wildman–Crippen LogP) is 4.92. The lowest BCUT2D eigenvalue weighted by Crippen LogP contribution is -2.54. The molecule has 6 nitrogen and oxygen atoms in total. The summed E-state index contributed by atoms with van der Waals surface area (Å²) in [6, 6.07) is 19.6. The summed E-state index contributed by atoms with van der Waals surface area (Å²) >= 11 is 6.32. The van der Waals surface area contributed by atoms with Crippen LogP contribution in [0.15, 0.2) is 66.9 Å². The van der Waals surface area contributed by atoms with Crippen LogP contribution in [0.25, 0.3) is 0 Å². The van der Waals surface area contributed by atoms with E-state index in [9.17, 15) is 4.79 Å². The van der Waals surface area contributed by atoms with Crippen molar-refractivity contribution >= 4 is 40.4 Å². The van der Waals surface area contributed by atoms with Crippen LogP contribution in [0.3, 0.4) is 0 Å². The summed E-state index contributed by atoms with van der Waals surface area (Å²) in [5.74, 6) is 0.673. The molecule has 2 aromatic carbocycles. The van der Waals surface area contributed by atoms with Gasteiger partial charge in [0.1, 0.15) is 5.82 Å². The van der Waals surface area contributed by atoms with Crippen LogP contribution < -0.4 is 20.9 Å². The predicted molar refractivity (Wildman–Crippen MR) is 128 cm³/mol. The summed E-state index contributed by atoms with van der Waals surface area (Å²) in [6.07, 6.45) is 1.63. The number of benzene rings is 2. The van der Waals surface area contributed by atoms with Crippen molar-refractivity contribution in [3.8, 4) is 0 Å². The van der Waals surface area contributed by atoms with Gasteiger partial charge in [0, 0.05) is 42.7 Å². The Morgan fingerprint density at radius 1 is 1.03 bits per heavy atom. The summed E-state index contributed by atoms with van der Waals surface area (Å²) in [7, 11) is 0. The molecule has 3 N–H and O–H groups in total. The number of carbonyl (C=O) groups excluding carboxylic acids is 1. The van der Waals surface area contributed by atoms with Gasteiger partial charge in [0.05, 0.1) is 16.3 Å². The van der Waals surface area contributed by atoms with Gasteiger partial charge in [-0.15, -0.1) is 0 Å². The zero-order chi connectivity index (χ0) is 21.8. The lowest BCUT2D eigenvalue weighted by molar-refractivity contribution is 0.102. The van der Waals surface area contributed by atoms with Crippen LogP contribution in [0, 0.1) is 0 Å². The van der Waals surface area contributed by atoms with Crippen molar-refractivity contribution in [2.45, 2.75) is 25.9 Å². The Kier molecular flexibility index (Phi) is 6.39. The van der Waals surface area contributed by atoms with Gasteiger partial charge in [-0.2, -0.15) is 0 Å². The number of carbonyl (C=O) groups is 1. The summed E-state index contributed by atoms with van der Waals surface area (Å²) in [6.45, 7) is 6.12. The SMILES string of the molecule is C[C@@H]1CN(c2ccc(C(=O)Nc3ccc(Cl)c(Nc4ccccc4)c3)cn2)C[C@H](C)N1. The lowest BCUT2D eigenvalue weighted by Gasteiger charge is -2.36. The van der Waals surface area contributed by atoms with Crippen molar-refractivity contribution in [3.05, 3.63) is 77.4 Å². The zero-order valence-electron chi connectivity index (χ0n) is 17.6. The van der Waals surface area contributed by atoms with Crippen LogP contribution in [-0.2, 0) is 0 Å². The molecule has 4 rings (SSSR count). The smallest absolute Gasteiger partial charge is 0.257 e.